The number of halogens is 1. The summed E-state index contributed by atoms with van der Waals surface area (Å²) in [7, 11) is 0. The van der Waals surface area contributed by atoms with Crippen LogP contribution < -0.4 is 10.9 Å². The Kier molecular flexibility index (Phi) is 4.42. The number of carbonyl (C=O) groups is 1. The topological polar surface area (TPSA) is 41.1 Å². The third-order valence-corrected chi connectivity index (χ3v) is 4.44. The highest BCUT2D eigenvalue weighted by molar-refractivity contribution is 7.17. The highest BCUT2D eigenvalue weighted by atomic mass is 35.5. The first-order valence-corrected chi connectivity index (χ1v) is 7.89. The standard InChI is InChI=1S/C17H13ClN2OS/c18-13-8-6-12(7-9-13)15-10-11-16(22-15)17(21)20-19-14-4-2-1-3-5-14/h1-11,19H,(H,20,21). The van der Waals surface area contributed by atoms with Gasteiger partial charge in [-0.2, -0.15) is 0 Å². The van der Waals surface area contributed by atoms with Crippen LogP contribution in [0.1, 0.15) is 9.67 Å². The van der Waals surface area contributed by atoms with Crippen LogP contribution in [0, 0.1) is 0 Å². The minimum absolute atomic E-state index is 0.158. The van der Waals surface area contributed by atoms with Crippen molar-refractivity contribution in [1.29, 1.82) is 0 Å². The maximum Gasteiger partial charge on any atom is 0.279 e. The molecule has 0 radical (unpaired) electrons. The van der Waals surface area contributed by atoms with E-state index in [0.717, 1.165) is 16.1 Å². The Bertz CT molecular complexity index is 769. The summed E-state index contributed by atoms with van der Waals surface area (Å²) >= 11 is 7.33. The Balaban J connectivity index is 1.68. The number of para-hydroxylation sites is 1. The maximum atomic E-state index is 12.1. The SMILES string of the molecule is O=C(NNc1ccccc1)c1ccc(-c2ccc(Cl)cc2)s1. The number of hydrazine groups is 1. The molecule has 5 heteroatoms. The molecule has 0 bridgehead atoms. The molecular weight excluding hydrogens is 316 g/mol. The molecule has 2 aromatic carbocycles. The van der Waals surface area contributed by atoms with E-state index < -0.39 is 0 Å². The summed E-state index contributed by atoms with van der Waals surface area (Å²) in [5, 5.41) is 0.699. The largest absolute Gasteiger partial charge is 0.298 e. The van der Waals surface area contributed by atoms with Crippen LogP contribution in [0.4, 0.5) is 5.69 Å². The second-order valence-electron chi connectivity index (χ2n) is 4.62. The van der Waals surface area contributed by atoms with Gasteiger partial charge in [0, 0.05) is 9.90 Å². The number of rotatable bonds is 4. The van der Waals surface area contributed by atoms with Crippen LogP contribution in [0.3, 0.4) is 0 Å². The third kappa shape index (κ3) is 3.47. The van der Waals surface area contributed by atoms with Gasteiger partial charge in [0.25, 0.3) is 5.91 Å². The van der Waals surface area contributed by atoms with E-state index in [1.807, 2.05) is 66.7 Å². The van der Waals surface area contributed by atoms with Gasteiger partial charge >= 0.3 is 0 Å². The molecule has 2 N–H and O–H groups in total. The van der Waals surface area contributed by atoms with Gasteiger partial charge in [-0.1, -0.05) is 41.9 Å². The molecule has 1 amide bonds. The van der Waals surface area contributed by atoms with Crippen LogP contribution in [0.5, 0.6) is 0 Å². The monoisotopic (exact) mass is 328 g/mol. The van der Waals surface area contributed by atoms with Crippen molar-refractivity contribution in [1.82, 2.24) is 5.43 Å². The molecule has 22 heavy (non-hydrogen) atoms. The molecule has 0 saturated heterocycles. The van der Waals surface area contributed by atoms with Gasteiger partial charge in [-0.25, -0.2) is 0 Å². The minimum Gasteiger partial charge on any atom is -0.298 e. The molecule has 3 aromatic rings. The molecule has 0 unspecified atom stereocenters. The maximum absolute atomic E-state index is 12.1. The molecule has 0 fully saturated rings. The fourth-order valence-electron chi connectivity index (χ4n) is 1.94. The molecule has 1 aromatic heterocycles. The fourth-order valence-corrected chi connectivity index (χ4v) is 2.97. The number of benzene rings is 2. The van der Waals surface area contributed by atoms with Crippen LogP contribution in [-0.4, -0.2) is 5.91 Å². The summed E-state index contributed by atoms with van der Waals surface area (Å²) in [4.78, 5) is 13.8. The quantitative estimate of drug-likeness (QED) is 0.674. The van der Waals surface area contributed by atoms with Crippen molar-refractivity contribution in [2.24, 2.45) is 0 Å². The molecule has 0 aliphatic carbocycles. The van der Waals surface area contributed by atoms with E-state index >= 15 is 0 Å². The lowest BCUT2D eigenvalue weighted by Gasteiger charge is -2.06. The van der Waals surface area contributed by atoms with Gasteiger partial charge in [-0.15, -0.1) is 11.3 Å². The van der Waals surface area contributed by atoms with E-state index in [0.29, 0.717) is 9.90 Å². The number of nitrogens with one attached hydrogen (secondary N) is 2. The normalized spacial score (nSPS) is 10.2. The van der Waals surface area contributed by atoms with Crippen LogP contribution in [0.2, 0.25) is 5.02 Å². The molecule has 0 atom stereocenters. The van der Waals surface area contributed by atoms with Crippen LogP contribution in [0.15, 0.2) is 66.7 Å². The molecule has 0 saturated carbocycles. The van der Waals surface area contributed by atoms with Crippen LogP contribution in [0.25, 0.3) is 10.4 Å². The van der Waals surface area contributed by atoms with Gasteiger partial charge in [-0.05, 0) is 42.0 Å². The van der Waals surface area contributed by atoms with Crippen molar-refractivity contribution in [2.75, 3.05) is 5.43 Å². The van der Waals surface area contributed by atoms with Crippen molar-refractivity contribution in [3.05, 3.63) is 76.6 Å². The predicted octanol–water partition coefficient (Wildman–Crippen LogP) is 4.83. The van der Waals surface area contributed by atoms with E-state index in [2.05, 4.69) is 10.9 Å². The molecule has 0 aliphatic heterocycles. The fraction of sp³-hybridized carbons (Fsp3) is 0. The number of hydrogen-bond donors (Lipinski definition) is 2. The summed E-state index contributed by atoms with van der Waals surface area (Å²) in [5.41, 5.74) is 7.46. The Labute approximate surface area is 137 Å². The molecular formula is C17H13ClN2OS. The van der Waals surface area contributed by atoms with Gasteiger partial charge < -0.3 is 0 Å². The summed E-state index contributed by atoms with van der Waals surface area (Å²) < 4.78 is 0. The van der Waals surface area contributed by atoms with Crippen molar-refractivity contribution >= 4 is 34.5 Å². The van der Waals surface area contributed by atoms with Crippen molar-refractivity contribution in [3.63, 3.8) is 0 Å². The zero-order valence-corrected chi connectivity index (χ0v) is 13.1. The Morgan fingerprint density at radius 2 is 1.64 bits per heavy atom. The molecule has 0 aliphatic rings. The lowest BCUT2D eigenvalue weighted by atomic mass is 10.2. The van der Waals surface area contributed by atoms with E-state index in [1.54, 1.807) is 0 Å². The minimum atomic E-state index is -0.158. The second kappa shape index (κ2) is 6.64. The van der Waals surface area contributed by atoms with Gasteiger partial charge in [0.2, 0.25) is 0 Å². The Hall–Kier alpha value is -2.30. The van der Waals surface area contributed by atoms with Gasteiger partial charge in [0.05, 0.1) is 10.6 Å². The van der Waals surface area contributed by atoms with E-state index in [4.69, 9.17) is 11.6 Å². The third-order valence-electron chi connectivity index (χ3n) is 3.05. The molecule has 3 rings (SSSR count). The molecule has 1 heterocycles. The summed E-state index contributed by atoms with van der Waals surface area (Å²) in [6.07, 6.45) is 0. The van der Waals surface area contributed by atoms with E-state index in [1.165, 1.54) is 11.3 Å². The van der Waals surface area contributed by atoms with Crippen molar-refractivity contribution in [3.8, 4) is 10.4 Å². The number of anilines is 1. The molecule has 110 valence electrons. The zero-order valence-electron chi connectivity index (χ0n) is 11.5. The smallest absolute Gasteiger partial charge is 0.279 e. The average molecular weight is 329 g/mol. The van der Waals surface area contributed by atoms with Gasteiger partial charge in [0.1, 0.15) is 0 Å². The Morgan fingerprint density at radius 3 is 2.36 bits per heavy atom. The lowest BCUT2D eigenvalue weighted by molar-refractivity contribution is 0.0966. The summed E-state index contributed by atoms with van der Waals surface area (Å²) in [6, 6.07) is 20.8. The average Bonchev–Trinajstić information content (AvgIpc) is 3.04. The number of hydrogen-bond acceptors (Lipinski definition) is 3. The van der Waals surface area contributed by atoms with E-state index in [-0.39, 0.29) is 5.91 Å². The first-order valence-electron chi connectivity index (χ1n) is 6.69. The second-order valence-corrected chi connectivity index (χ2v) is 6.14. The highest BCUT2D eigenvalue weighted by Gasteiger charge is 2.10. The van der Waals surface area contributed by atoms with Crippen LogP contribution in [-0.2, 0) is 0 Å². The van der Waals surface area contributed by atoms with Gasteiger partial charge in [0.15, 0.2) is 0 Å². The summed E-state index contributed by atoms with van der Waals surface area (Å²) in [5.74, 6) is -0.158. The highest BCUT2D eigenvalue weighted by Crippen LogP contribution is 2.28. The van der Waals surface area contributed by atoms with Gasteiger partial charge in [-0.3, -0.25) is 15.6 Å². The molecule has 3 nitrogen and oxygen atoms in total. The predicted molar refractivity (Wildman–Crippen MR) is 92.3 cm³/mol. The zero-order chi connectivity index (χ0) is 15.4. The number of carbonyl (C=O) groups excluding carboxylic acids is 1. The first kappa shape index (κ1) is 14.6. The number of amides is 1. The Morgan fingerprint density at radius 1 is 0.909 bits per heavy atom. The molecule has 0 spiro atoms. The first-order chi connectivity index (χ1) is 10.7. The van der Waals surface area contributed by atoms with Crippen LogP contribution >= 0.6 is 22.9 Å². The lowest BCUT2D eigenvalue weighted by Crippen LogP contribution is -2.28. The summed E-state index contributed by atoms with van der Waals surface area (Å²) in [6.45, 7) is 0. The number of thiophene rings is 1. The van der Waals surface area contributed by atoms with E-state index in [9.17, 15) is 4.79 Å². The van der Waals surface area contributed by atoms with Crippen molar-refractivity contribution in [2.45, 2.75) is 0 Å². The van der Waals surface area contributed by atoms with Crippen molar-refractivity contribution < 1.29 is 4.79 Å².